The molecule has 0 atom stereocenters. The first-order valence-electron chi connectivity index (χ1n) is 4.65. The third-order valence-corrected chi connectivity index (χ3v) is 2.81. The van der Waals surface area contributed by atoms with E-state index in [4.69, 9.17) is 4.74 Å². The Bertz CT molecular complexity index is 373. The van der Waals surface area contributed by atoms with Crippen molar-refractivity contribution in [2.75, 3.05) is 7.11 Å². The lowest BCUT2D eigenvalue weighted by molar-refractivity contribution is -0.140. The molecule has 6 heteroatoms. The normalized spacial score (nSPS) is 10.9. The average Bonchev–Trinajstić information content (AvgIpc) is 2.78. The summed E-state index contributed by atoms with van der Waals surface area (Å²) in [5.74, 6) is -0.750. The van der Waals surface area contributed by atoms with E-state index < -0.39 is 11.5 Å². The van der Waals surface area contributed by atoms with E-state index in [1.807, 2.05) is 0 Å². The zero-order valence-corrected chi connectivity index (χ0v) is 10.2. The van der Waals surface area contributed by atoms with Crippen LogP contribution in [-0.2, 0) is 9.53 Å². The highest BCUT2D eigenvalue weighted by molar-refractivity contribution is 7.08. The summed E-state index contributed by atoms with van der Waals surface area (Å²) in [7, 11) is 1.43. The minimum atomic E-state index is -0.970. The summed E-state index contributed by atoms with van der Waals surface area (Å²) in [5.41, 5.74) is 4.16. The van der Waals surface area contributed by atoms with Gasteiger partial charge in [0.2, 0.25) is 0 Å². The number of hydrogen-bond acceptors (Lipinski definition) is 4. The maximum atomic E-state index is 11.5. The van der Waals surface area contributed by atoms with Gasteiger partial charge >= 0.3 is 0 Å². The van der Waals surface area contributed by atoms with Crippen molar-refractivity contribution in [1.29, 1.82) is 0 Å². The third kappa shape index (κ3) is 3.04. The SMILES string of the molecule is COC(C)(C)C(=O)NNC(=O)c1ccsc1. The van der Waals surface area contributed by atoms with Crippen LogP contribution in [0.1, 0.15) is 24.2 Å². The van der Waals surface area contributed by atoms with E-state index in [0.717, 1.165) is 0 Å². The summed E-state index contributed by atoms with van der Waals surface area (Å²) in [6.45, 7) is 3.22. The molecule has 1 aromatic heterocycles. The van der Waals surface area contributed by atoms with E-state index in [0.29, 0.717) is 5.56 Å². The molecule has 1 heterocycles. The molecule has 0 aromatic carbocycles. The Labute approximate surface area is 97.8 Å². The van der Waals surface area contributed by atoms with Crippen molar-refractivity contribution >= 4 is 23.2 Å². The molecule has 1 aromatic rings. The van der Waals surface area contributed by atoms with Gasteiger partial charge in [-0.05, 0) is 25.3 Å². The van der Waals surface area contributed by atoms with Crippen molar-refractivity contribution in [2.24, 2.45) is 0 Å². The summed E-state index contributed by atoms with van der Waals surface area (Å²) in [6.07, 6.45) is 0. The number of nitrogens with one attached hydrogen (secondary N) is 2. The number of amides is 2. The van der Waals surface area contributed by atoms with Gasteiger partial charge in [-0.1, -0.05) is 0 Å². The lowest BCUT2D eigenvalue weighted by Gasteiger charge is -2.21. The van der Waals surface area contributed by atoms with Gasteiger partial charge in [0.1, 0.15) is 5.60 Å². The largest absolute Gasteiger partial charge is 0.369 e. The van der Waals surface area contributed by atoms with Crippen LogP contribution in [0.2, 0.25) is 0 Å². The summed E-state index contributed by atoms with van der Waals surface area (Å²) < 4.78 is 4.96. The molecular weight excluding hydrogens is 228 g/mol. The van der Waals surface area contributed by atoms with Crippen molar-refractivity contribution in [3.63, 3.8) is 0 Å². The van der Waals surface area contributed by atoms with E-state index in [2.05, 4.69) is 10.9 Å². The van der Waals surface area contributed by atoms with Gasteiger partial charge < -0.3 is 4.74 Å². The predicted molar refractivity (Wildman–Crippen MR) is 61.0 cm³/mol. The van der Waals surface area contributed by atoms with Crippen LogP contribution in [0.5, 0.6) is 0 Å². The van der Waals surface area contributed by atoms with E-state index in [1.165, 1.54) is 18.4 Å². The molecule has 0 radical (unpaired) electrons. The summed E-state index contributed by atoms with van der Waals surface area (Å²) in [5, 5.41) is 3.48. The number of methoxy groups -OCH3 is 1. The molecule has 5 nitrogen and oxygen atoms in total. The Morgan fingerprint density at radius 1 is 1.38 bits per heavy atom. The Hall–Kier alpha value is -1.40. The molecule has 0 saturated carbocycles. The number of carbonyl (C=O) groups is 2. The smallest absolute Gasteiger partial charge is 0.270 e. The Kier molecular flexibility index (Phi) is 4.03. The maximum absolute atomic E-state index is 11.5. The first kappa shape index (κ1) is 12.7. The Balaban J connectivity index is 2.47. The molecule has 0 bridgehead atoms. The van der Waals surface area contributed by atoms with Gasteiger partial charge in [0.25, 0.3) is 11.8 Å². The van der Waals surface area contributed by atoms with Gasteiger partial charge in [0.05, 0.1) is 5.56 Å². The molecular formula is C10H14N2O3S. The topological polar surface area (TPSA) is 67.4 Å². The van der Waals surface area contributed by atoms with Crippen molar-refractivity contribution in [2.45, 2.75) is 19.4 Å². The zero-order valence-electron chi connectivity index (χ0n) is 9.37. The fraction of sp³-hybridized carbons (Fsp3) is 0.400. The highest BCUT2D eigenvalue weighted by Gasteiger charge is 2.27. The molecule has 0 aliphatic heterocycles. The van der Waals surface area contributed by atoms with Crippen LogP contribution in [0.3, 0.4) is 0 Å². The second-order valence-electron chi connectivity index (χ2n) is 3.63. The first-order valence-corrected chi connectivity index (χ1v) is 5.60. The number of carbonyl (C=O) groups excluding carboxylic acids is 2. The monoisotopic (exact) mass is 242 g/mol. The molecule has 0 saturated heterocycles. The summed E-state index contributed by atoms with van der Waals surface area (Å²) in [6, 6.07) is 1.67. The molecule has 0 fully saturated rings. The number of hydrazine groups is 1. The molecule has 2 N–H and O–H groups in total. The van der Waals surface area contributed by atoms with Crippen LogP contribution >= 0.6 is 11.3 Å². The van der Waals surface area contributed by atoms with Crippen LogP contribution in [0.4, 0.5) is 0 Å². The lowest BCUT2D eigenvalue weighted by atomic mass is 10.1. The van der Waals surface area contributed by atoms with E-state index in [9.17, 15) is 9.59 Å². The second kappa shape index (κ2) is 5.09. The number of rotatable bonds is 3. The van der Waals surface area contributed by atoms with Crippen molar-refractivity contribution in [3.8, 4) is 0 Å². The van der Waals surface area contributed by atoms with Gasteiger partial charge in [-0.3, -0.25) is 20.4 Å². The number of hydrogen-bond donors (Lipinski definition) is 2. The quantitative estimate of drug-likeness (QED) is 0.775. The molecule has 2 amide bonds. The van der Waals surface area contributed by atoms with Crippen molar-refractivity contribution in [1.82, 2.24) is 10.9 Å². The lowest BCUT2D eigenvalue weighted by Crippen LogP contribution is -2.51. The van der Waals surface area contributed by atoms with Gasteiger partial charge in [0, 0.05) is 12.5 Å². The van der Waals surface area contributed by atoms with E-state index in [1.54, 1.807) is 30.7 Å². The van der Waals surface area contributed by atoms with Crippen LogP contribution in [0.25, 0.3) is 0 Å². The van der Waals surface area contributed by atoms with E-state index in [-0.39, 0.29) is 5.91 Å². The molecule has 1 rings (SSSR count). The molecule has 16 heavy (non-hydrogen) atoms. The summed E-state index contributed by atoms with van der Waals surface area (Å²) in [4.78, 5) is 23.0. The minimum Gasteiger partial charge on any atom is -0.369 e. The Morgan fingerprint density at radius 3 is 2.56 bits per heavy atom. The first-order chi connectivity index (χ1) is 7.47. The van der Waals surface area contributed by atoms with Gasteiger partial charge in [-0.2, -0.15) is 11.3 Å². The average molecular weight is 242 g/mol. The van der Waals surface area contributed by atoms with E-state index >= 15 is 0 Å². The standard InChI is InChI=1S/C10H14N2O3S/c1-10(2,15-3)9(14)12-11-8(13)7-4-5-16-6-7/h4-6H,1-3H3,(H,11,13)(H,12,14). The van der Waals surface area contributed by atoms with Crippen molar-refractivity contribution in [3.05, 3.63) is 22.4 Å². The highest BCUT2D eigenvalue weighted by Crippen LogP contribution is 2.07. The third-order valence-electron chi connectivity index (χ3n) is 2.13. The van der Waals surface area contributed by atoms with Gasteiger partial charge in [0.15, 0.2) is 0 Å². The summed E-state index contributed by atoms with van der Waals surface area (Å²) >= 11 is 1.41. The van der Waals surface area contributed by atoms with Crippen LogP contribution in [0.15, 0.2) is 16.8 Å². The van der Waals surface area contributed by atoms with Gasteiger partial charge in [-0.25, -0.2) is 0 Å². The fourth-order valence-corrected chi connectivity index (χ4v) is 1.46. The number of thiophene rings is 1. The highest BCUT2D eigenvalue weighted by atomic mass is 32.1. The van der Waals surface area contributed by atoms with Crippen molar-refractivity contribution < 1.29 is 14.3 Å². The molecule has 0 aliphatic carbocycles. The molecule has 0 aliphatic rings. The molecule has 88 valence electrons. The van der Waals surface area contributed by atoms with Crippen LogP contribution in [-0.4, -0.2) is 24.5 Å². The molecule has 0 unspecified atom stereocenters. The maximum Gasteiger partial charge on any atom is 0.270 e. The minimum absolute atomic E-state index is 0.346. The molecule has 0 spiro atoms. The second-order valence-corrected chi connectivity index (χ2v) is 4.41. The predicted octanol–water partition coefficient (Wildman–Crippen LogP) is 0.934. The Morgan fingerprint density at radius 2 is 2.06 bits per heavy atom. The van der Waals surface area contributed by atoms with Crippen LogP contribution < -0.4 is 10.9 Å². The fourth-order valence-electron chi connectivity index (χ4n) is 0.823. The number of ether oxygens (including phenoxy) is 1. The van der Waals surface area contributed by atoms with Crippen LogP contribution in [0, 0.1) is 0 Å². The van der Waals surface area contributed by atoms with Gasteiger partial charge in [-0.15, -0.1) is 0 Å². The zero-order chi connectivity index (χ0) is 12.2.